The monoisotopic (exact) mass is 327 g/mol. The van der Waals surface area contributed by atoms with E-state index in [1.807, 2.05) is 0 Å². The number of halogens is 1. The van der Waals surface area contributed by atoms with Crippen molar-refractivity contribution in [3.8, 4) is 0 Å². The van der Waals surface area contributed by atoms with Gasteiger partial charge in [-0.3, -0.25) is 19.7 Å². The van der Waals surface area contributed by atoms with E-state index in [2.05, 4.69) is 0 Å². The summed E-state index contributed by atoms with van der Waals surface area (Å²) in [6.45, 7) is 0. The second kappa shape index (κ2) is 4.49. The van der Waals surface area contributed by atoms with Crippen molar-refractivity contribution in [1.29, 1.82) is 0 Å². The van der Waals surface area contributed by atoms with Gasteiger partial charge in [0.15, 0.2) is 17.0 Å². The maximum absolute atomic E-state index is 12.8. The molecule has 4 rings (SSSR count). The lowest BCUT2D eigenvalue weighted by molar-refractivity contribution is -0.500. The van der Waals surface area contributed by atoms with Crippen molar-refractivity contribution in [2.75, 3.05) is 0 Å². The molecule has 1 spiro atoms. The highest BCUT2D eigenvalue weighted by Gasteiger charge is 2.84. The number of benzene rings is 2. The van der Waals surface area contributed by atoms with Gasteiger partial charge >= 0.3 is 0 Å². The van der Waals surface area contributed by atoms with E-state index in [0.717, 1.165) is 0 Å². The number of carbonyl (C=O) groups excluding carboxylic acids is 2. The van der Waals surface area contributed by atoms with Gasteiger partial charge in [0.05, 0.1) is 5.92 Å². The summed E-state index contributed by atoms with van der Waals surface area (Å²) in [5.41, 5.74) is -0.451. The Balaban J connectivity index is 1.87. The highest BCUT2D eigenvalue weighted by atomic mass is 35.5. The summed E-state index contributed by atoms with van der Waals surface area (Å²) >= 11 is 5.85. The van der Waals surface area contributed by atoms with E-state index in [4.69, 9.17) is 11.6 Å². The Morgan fingerprint density at radius 1 is 0.957 bits per heavy atom. The predicted octanol–water partition coefficient (Wildman–Crippen LogP) is 3.15. The molecule has 1 saturated carbocycles. The first kappa shape index (κ1) is 14.1. The van der Waals surface area contributed by atoms with E-state index in [9.17, 15) is 19.7 Å². The molecule has 0 amide bonds. The number of hydrogen-bond donors (Lipinski definition) is 0. The smallest absolute Gasteiger partial charge is 0.242 e. The van der Waals surface area contributed by atoms with Crippen molar-refractivity contribution < 1.29 is 14.5 Å². The molecule has 0 unspecified atom stereocenters. The number of nitro groups is 1. The van der Waals surface area contributed by atoms with Crippen molar-refractivity contribution in [2.24, 2.45) is 5.41 Å². The molecule has 2 atom stereocenters. The lowest BCUT2D eigenvalue weighted by atomic mass is 9.93. The summed E-state index contributed by atoms with van der Waals surface area (Å²) in [6.07, 6.45) is 0. The topological polar surface area (TPSA) is 77.3 Å². The van der Waals surface area contributed by atoms with E-state index in [-0.39, 0.29) is 11.1 Å². The molecule has 2 aromatic rings. The molecule has 0 N–H and O–H groups in total. The Kier molecular flexibility index (Phi) is 2.75. The first-order valence-corrected chi connectivity index (χ1v) is 7.45. The third kappa shape index (κ3) is 1.63. The van der Waals surface area contributed by atoms with Gasteiger partial charge in [0.2, 0.25) is 6.04 Å². The number of ketones is 2. The molecule has 0 radical (unpaired) electrons. The average Bonchev–Trinajstić information content (AvgIpc) is 3.20. The van der Waals surface area contributed by atoms with Crippen LogP contribution in [0, 0.1) is 15.5 Å². The second-order valence-corrected chi connectivity index (χ2v) is 6.27. The molecule has 0 heterocycles. The molecule has 6 heteroatoms. The molecule has 0 saturated heterocycles. The maximum Gasteiger partial charge on any atom is 0.242 e. The minimum Gasteiger partial charge on any atom is -0.293 e. The normalized spacial score (nSPS) is 23.9. The number of fused-ring (bicyclic) bond motifs is 1. The minimum atomic E-state index is -1.60. The van der Waals surface area contributed by atoms with Gasteiger partial charge in [-0.1, -0.05) is 48.0 Å². The van der Waals surface area contributed by atoms with Crippen LogP contribution in [0.15, 0.2) is 48.5 Å². The van der Waals surface area contributed by atoms with Crippen LogP contribution in [-0.4, -0.2) is 22.5 Å². The molecule has 23 heavy (non-hydrogen) atoms. The zero-order valence-corrected chi connectivity index (χ0v) is 12.5. The third-order valence-corrected chi connectivity index (χ3v) is 5.04. The summed E-state index contributed by atoms with van der Waals surface area (Å²) in [5, 5.41) is 12.0. The van der Waals surface area contributed by atoms with Crippen LogP contribution >= 0.6 is 11.6 Å². The summed E-state index contributed by atoms with van der Waals surface area (Å²) in [5.74, 6) is -1.64. The molecular formula is C17H10ClNO4. The molecular weight excluding hydrogens is 318 g/mol. The van der Waals surface area contributed by atoms with Crippen LogP contribution in [0.5, 0.6) is 0 Å². The zero-order valence-electron chi connectivity index (χ0n) is 11.7. The van der Waals surface area contributed by atoms with Gasteiger partial charge in [-0.05, 0) is 17.7 Å². The van der Waals surface area contributed by atoms with E-state index < -0.39 is 33.9 Å². The van der Waals surface area contributed by atoms with Crippen LogP contribution in [0.4, 0.5) is 0 Å². The summed E-state index contributed by atoms with van der Waals surface area (Å²) in [7, 11) is 0. The number of rotatable bonds is 2. The summed E-state index contributed by atoms with van der Waals surface area (Å²) in [4.78, 5) is 36.6. The van der Waals surface area contributed by atoms with Crippen molar-refractivity contribution in [2.45, 2.75) is 12.0 Å². The van der Waals surface area contributed by atoms with Crippen molar-refractivity contribution in [3.63, 3.8) is 0 Å². The van der Waals surface area contributed by atoms with Gasteiger partial charge in [0.1, 0.15) is 0 Å². The summed E-state index contributed by atoms with van der Waals surface area (Å²) in [6, 6.07) is 11.7. The molecule has 2 aliphatic carbocycles. The third-order valence-electron chi connectivity index (χ3n) is 4.79. The Bertz CT molecular complexity index is 839. The lowest BCUT2D eigenvalue weighted by Crippen LogP contribution is -2.25. The van der Waals surface area contributed by atoms with E-state index in [0.29, 0.717) is 10.6 Å². The van der Waals surface area contributed by atoms with Gasteiger partial charge in [-0.2, -0.15) is 0 Å². The highest BCUT2D eigenvalue weighted by molar-refractivity contribution is 6.33. The van der Waals surface area contributed by atoms with Gasteiger partial charge in [-0.15, -0.1) is 0 Å². The SMILES string of the molecule is O=C1c2ccccc2C(=O)C12[C@H](c1ccc(Cl)cc1)[C@H]2[N+](=O)[O-]. The van der Waals surface area contributed by atoms with Gasteiger partial charge in [0.25, 0.3) is 0 Å². The van der Waals surface area contributed by atoms with Gasteiger partial charge in [0, 0.05) is 21.1 Å². The van der Waals surface area contributed by atoms with Crippen LogP contribution < -0.4 is 0 Å². The largest absolute Gasteiger partial charge is 0.293 e. The van der Waals surface area contributed by atoms with Crippen LogP contribution in [-0.2, 0) is 0 Å². The van der Waals surface area contributed by atoms with Crippen LogP contribution in [0.1, 0.15) is 32.2 Å². The summed E-state index contributed by atoms with van der Waals surface area (Å²) < 4.78 is 0. The quantitative estimate of drug-likeness (QED) is 0.482. The van der Waals surface area contributed by atoms with Crippen molar-refractivity contribution in [3.05, 3.63) is 80.4 Å². The highest BCUT2D eigenvalue weighted by Crippen LogP contribution is 2.66. The Morgan fingerprint density at radius 2 is 1.48 bits per heavy atom. The molecule has 0 aliphatic heterocycles. The molecule has 0 bridgehead atoms. The second-order valence-electron chi connectivity index (χ2n) is 5.83. The molecule has 114 valence electrons. The lowest BCUT2D eigenvalue weighted by Gasteiger charge is -2.03. The fourth-order valence-corrected chi connectivity index (χ4v) is 3.88. The van der Waals surface area contributed by atoms with E-state index in [1.165, 1.54) is 0 Å². The van der Waals surface area contributed by atoms with Gasteiger partial charge in [-0.25, -0.2) is 0 Å². The fraction of sp³-hybridized carbons (Fsp3) is 0.176. The van der Waals surface area contributed by atoms with Crippen LogP contribution in [0.2, 0.25) is 5.02 Å². The predicted molar refractivity (Wildman–Crippen MR) is 82.5 cm³/mol. The Labute approximate surface area is 136 Å². The Hall–Kier alpha value is -2.53. The molecule has 2 aliphatic rings. The van der Waals surface area contributed by atoms with Crippen LogP contribution in [0.3, 0.4) is 0 Å². The molecule has 1 fully saturated rings. The number of nitrogens with zero attached hydrogens (tertiary/aromatic N) is 1. The standard InChI is InChI=1S/C17H10ClNO4/c18-10-7-5-9(6-8-10)13-14(19(22)23)17(13)15(20)11-3-1-2-4-12(11)16(17)21/h1-8,13-14H/t13-,14-/m1/s1. The van der Waals surface area contributed by atoms with E-state index in [1.54, 1.807) is 48.5 Å². The minimum absolute atomic E-state index is 0.279. The first-order valence-electron chi connectivity index (χ1n) is 7.07. The number of carbonyl (C=O) groups is 2. The molecule has 0 aromatic heterocycles. The Morgan fingerprint density at radius 3 is 1.96 bits per heavy atom. The molecule has 2 aromatic carbocycles. The van der Waals surface area contributed by atoms with Crippen LogP contribution in [0.25, 0.3) is 0 Å². The average molecular weight is 328 g/mol. The van der Waals surface area contributed by atoms with Gasteiger partial charge < -0.3 is 0 Å². The number of Topliss-reactive ketones (excluding diaryl/α,β-unsaturated/α-hetero) is 2. The van der Waals surface area contributed by atoms with Crippen molar-refractivity contribution >= 4 is 23.2 Å². The van der Waals surface area contributed by atoms with E-state index >= 15 is 0 Å². The maximum atomic E-state index is 12.8. The van der Waals surface area contributed by atoms with Crippen molar-refractivity contribution in [1.82, 2.24) is 0 Å². The zero-order chi connectivity index (χ0) is 16.4. The fourth-order valence-electron chi connectivity index (χ4n) is 3.75. The number of hydrogen-bond acceptors (Lipinski definition) is 4. The first-order chi connectivity index (χ1) is 11.0. The molecule has 5 nitrogen and oxygen atoms in total.